The number of rotatable bonds is 19. The Morgan fingerprint density at radius 1 is 0.553 bits per heavy atom. The van der Waals surface area contributed by atoms with Gasteiger partial charge in [-0.15, -0.1) is 0 Å². The molecule has 0 saturated carbocycles. The number of esters is 2. The smallest absolute Gasteiger partial charge is 0.375 e. The number of hydrogen-bond acceptors (Lipinski definition) is 8. The molecule has 0 aliphatic rings. The van der Waals surface area contributed by atoms with E-state index in [2.05, 4.69) is 0 Å². The molecule has 210 valence electrons. The van der Waals surface area contributed by atoms with Gasteiger partial charge in [-0.05, 0) is 38.1 Å². The molecule has 2 rings (SSSR count). The molecule has 0 bridgehead atoms. The van der Waals surface area contributed by atoms with Gasteiger partial charge in [-0.3, -0.25) is 9.59 Å². The molecule has 0 fully saturated rings. The summed E-state index contributed by atoms with van der Waals surface area (Å²) in [6.45, 7) is 10.0. The minimum absolute atomic E-state index is 0.0554. The second kappa shape index (κ2) is 17.3. The van der Waals surface area contributed by atoms with Crippen molar-refractivity contribution >= 4 is 39.4 Å². The van der Waals surface area contributed by atoms with Gasteiger partial charge in [0.25, 0.3) is 0 Å². The Morgan fingerprint density at radius 2 is 0.868 bits per heavy atom. The van der Waals surface area contributed by atoms with E-state index in [9.17, 15) is 9.59 Å². The van der Waals surface area contributed by atoms with Crippen LogP contribution in [-0.4, -0.2) is 68.7 Å². The maximum atomic E-state index is 12.3. The quantitative estimate of drug-likeness (QED) is 0.189. The lowest BCUT2D eigenvalue weighted by atomic mass is 10.3. The first-order valence-corrected chi connectivity index (χ1v) is 17.5. The molecule has 38 heavy (non-hydrogen) atoms. The maximum Gasteiger partial charge on any atom is 0.375 e. The molecule has 0 N–H and O–H groups in total. The highest BCUT2D eigenvalue weighted by Gasteiger charge is 2.40. The third kappa shape index (κ3) is 9.75. The number of hydrogen-bond donors (Lipinski definition) is 0. The van der Waals surface area contributed by atoms with Gasteiger partial charge in [-0.1, -0.05) is 60.7 Å². The minimum atomic E-state index is -2.75. The highest BCUT2D eigenvalue weighted by Crippen LogP contribution is 2.17. The van der Waals surface area contributed by atoms with E-state index in [1.807, 2.05) is 88.4 Å². The normalized spacial score (nSPS) is 11.8. The standard InChI is InChI=1S/C28H42O8Si2/c1-5-33-37(34-6-2,25-15-11-9-12-16-25)23-21-31-27(29)19-20-28(30)32-22-24-38(35-7-3,36-8-4)26-17-13-10-14-18-26/h9-18H,5-8,19-24H2,1-4H3. The molecule has 0 aliphatic carbocycles. The first kappa shape index (κ1) is 31.9. The fourth-order valence-electron chi connectivity index (χ4n) is 4.26. The monoisotopic (exact) mass is 562 g/mol. The summed E-state index contributed by atoms with van der Waals surface area (Å²) in [7, 11) is -5.50. The minimum Gasteiger partial charge on any atom is -0.466 e. The van der Waals surface area contributed by atoms with Crippen LogP contribution in [0, 0.1) is 0 Å². The number of carbonyl (C=O) groups is 2. The van der Waals surface area contributed by atoms with Crippen LogP contribution in [0.25, 0.3) is 0 Å². The first-order valence-electron chi connectivity index (χ1n) is 13.4. The lowest BCUT2D eigenvalue weighted by molar-refractivity contribution is -0.150. The average Bonchev–Trinajstić information content (AvgIpc) is 2.93. The molecule has 8 nitrogen and oxygen atoms in total. The summed E-state index contributed by atoms with van der Waals surface area (Å²) < 4.78 is 35.3. The molecule has 0 aliphatic heterocycles. The predicted octanol–water partition coefficient (Wildman–Crippen LogP) is 3.70. The third-order valence-electron chi connectivity index (χ3n) is 5.86. The largest absolute Gasteiger partial charge is 0.466 e. The van der Waals surface area contributed by atoms with Crippen molar-refractivity contribution in [3.63, 3.8) is 0 Å². The van der Waals surface area contributed by atoms with Crippen molar-refractivity contribution in [3.05, 3.63) is 60.7 Å². The van der Waals surface area contributed by atoms with Gasteiger partial charge in [0.15, 0.2) is 0 Å². The topological polar surface area (TPSA) is 89.5 Å². The molecule has 0 atom stereocenters. The maximum absolute atomic E-state index is 12.3. The molecule has 0 saturated heterocycles. The summed E-state index contributed by atoms with van der Waals surface area (Å²) in [6, 6.07) is 20.6. The van der Waals surface area contributed by atoms with Gasteiger partial charge in [-0.2, -0.15) is 0 Å². The highest BCUT2D eigenvalue weighted by molar-refractivity contribution is 6.81. The molecule has 0 radical (unpaired) electrons. The second-order valence-corrected chi connectivity index (χ2v) is 14.7. The van der Waals surface area contributed by atoms with Crippen LogP contribution >= 0.6 is 0 Å². The van der Waals surface area contributed by atoms with Gasteiger partial charge >= 0.3 is 29.1 Å². The van der Waals surface area contributed by atoms with Crippen molar-refractivity contribution in [1.82, 2.24) is 0 Å². The molecular formula is C28H42O8Si2. The Labute approximate surface area is 229 Å². The summed E-state index contributed by atoms with van der Waals surface area (Å²) in [6.07, 6.45) is -0.111. The molecule has 0 aromatic heterocycles. The SMILES string of the molecule is CCO[Si](CCOC(=O)CCC(=O)OCC[Si](OCC)(OCC)c1ccccc1)(OCC)c1ccccc1. The van der Waals surface area contributed by atoms with Crippen molar-refractivity contribution in [1.29, 1.82) is 0 Å². The molecule has 2 aromatic rings. The van der Waals surface area contributed by atoms with E-state index in [0.29, 0.717) is 38.5 Å². The predicted molar refractivity (Wildman–Crippen MR) is 151 cm³/mol. The van der Waals surface area contributed by atoms with E-state index in [1.165, 1.54) is 0 Å². The number of ether oxygens (including phenoxy) is 2. The van der Waals surface area contributed by atoms with Crippen LogP contribution in [0.4, 0.5) is 0 Å². The fraction of sp³-hybridized carbons (Fsp3) is 0.500. The Kier molecular flexibility index (Phi) is 14.5. The second-order valence-electron chi connectivity index (χ2n) is 8.41. The Morgan fingerprint density at radius 3 is 1.16 bits per heavy atom. The summed E-state index contributed by atoms with van der Waals surface area (Å²) in [4.78, 5) is 24.7. The van der Waals surface area contributed by atoms with Gasteiger partial charge < -0.3 is 27.2 Å². The van der Waals surface area contributed by atoms with Crippen LogP contribution in [0.5, 0.6) is 0 Å². The van der Waals surface area contributed by atoms with Crippen LogP contribution in [0.3, 0.4) is 0 Å². The van der Waals surface area contributed by atoms with Crippen LogP contribution < -0.4 is 10.4 Å². The zero-order valence-corrected chi connectivity index (χ0v) is 25.1. The van der Waals surface area contributed by atoms with E-state index < -0.39 is 29.1 Å². The molecule has 10 heteroatoms. The van der Waals surface area contributed by atoms with E-state index in [-0.39, 0.29) is 26.1 Å². The molecule has 0 amide bonds. The summed E-state index contributed by atoms with van der Waals surface area (Å²) >= 11 is 0. The Hall–Kier alpha value is -2.35. The molecule has 0 unspecified atom stereocenters. The lowest BCUT2D eigenvalue weighted by Gasteiger charge is -2.30. The zero-order chi connectivity index (χ0) is 27.7. The summed E-state index contributed by atoms with van der Waals surface area (Å²) in [5.74, 6) is -0.912. The summed E-state index contributed by atoms with van der Waals surface area (Å²) in [5.41, 5.74) is 0. The van der Waals surface area contributed by atoms with E-state index in [0.717, 1.165) is 10.4 Å². The van der Waals surface area contributed by atoms with Gasteiger partial charge in [0.05, 0.1) is 26.1 Å². The van der Waals surface area contributed by atoms with Crippen molar-refractivity contribution in [3.8, 4) is 0 Å². The fourth-order valence-corrected chi connectivity index (χ4v) is 10.3. The van der Waals surface area contributed by atoms with E-state index in [1.54, 1.807) is 0 Å². The van der Waals surface area contributed by atoms with Gasteiger partial charge in [-0.25, -0.2) is 0 Å². The van der Waals surface area contributed by atoms with Crippen molar-refractivity contribution < 1.29 is 36.8 Å². The molecule has 2 aromatic carbocycles. The van der Waals surface area contributed by atoms with Crippen LogP contribution in [-0.2, 0) is 36.8 Å². The van der Waals surface area contributed by atoms with E-state index in [4.69, 9.17) is 27.2 Å². The molecule has 0 heterocycles. The lowest BCUT2D eigenvalue weighted by Crippen LogP contribution is -2.54. The van der Waals surface area contributed by atoms with Gasteiger partial charge in [0.2, 0.25) is 0 Å². The highest BCUT2D eigenvalue weighted by atomic mass is 28.4. The average molecular weight is 563 g/mol. The number of carbonyl (C=O) groups excluding carboxylic acids is 2. The Bertz CT molecular complexity index is 853. The zero-order valence-electron chi connectivity index (χ0n) is 23.1. The Balaban J connectivity index is 1.83. The van der Waals surface area contributed by atoms with Crippen LogP contribution in [0.15, 0.2) is 60.7 Å². The number of benzene rings is 2. The van der Waals surface area contributed by atoms with Gasteiger partial charge in [0, 0.05) is 38.5 Å². The van der Waals surface area contributed by atoms with Crippen LogP contribution in [0.2, 0.25) is 12.1 Å². The molecule has 0 spiro atoms. The first-order chi connectivity index (χ1) is 18.4. The molecular weight excluding hydrogens is 520 g/mol. The summed E-state index contributed by atoms with van der Waals surface area (Å²) in [5, 5.41) is 2.00. The third-order valence-corrected chi connectivity index (χ3v) is 13.0. The van der Waals surface area contributed by atoms with Crippen LogP contribution in [0.1, 0.15) is 40.5 Å². The van der Waals surface area contributed by atoms with Crippen molar-refractivity contribution in [2.24, 2.45) is 0 Å². The van der Waals surface area contributed by atoms with E-state index >= 15 is 0 Å². The van der Waals surface area contributed by atoms with Crippen molar-refractivity contribution in [2.75, 3.05) is 39.6 Å². The van der Waals surface area contributed by atoms with Crippen molar-refractivity contribution in [2.45, 2.75) is 52.6 Å². The van der Waals surface area contributed by atoms with Gasteiger partial charge in [0.1, 0.15) is 0 Å².